The summed E-state index contributed by atoms with van der Waals surface area (Å²) < 4.78 is 13.5. The minimum Gasteiger partial charge on any atom is -0.311 e. The molecule has 2 unspecified atom stereocenters. The van der Waals surface area contributed by atoms with E-state index in [1.165, 1.54) is 0 Å². The van der Waals surface area contributed by atoms with Crippen molar-refractivity contribution in [1.29, 1.82) is 0 Å². The zero-order valence-electron chi connectivity index (χ0n) is 8.86. The third-order valence-corrected chi connectivity index (χ3v) is 2.36. The Morgan fingerprint density at radius 2 is 2.23 bits per heavy atom. The van der Waals surface area contributed by atoms with Crippen molar-refractivity contribution in [3.63, 3.8) is 0 Å². The lowest BCUT2D eigenvalue weighted by Gasteiger charge is -2.24. The Bertz CT molecular complexity index is 147. The maximum Gasteiger partial charge on any atom is 0.128 e. The van der Waals surface area contributed by atoms with Gasteiger partial charge in [0.15, 0.2) is 0 Å². The maximum atomic E-state index is 13.5. The first-order valence-electron chi connectivity index (χ1n) is 5.11. The first-order valence-corrected chi connectivity index (χ1v) is 5.11. The third kappa shape index (κ3) is 4.05. The second kappa shape index (κ2) is 4.38. The number of hydrogen-bond donors (Lipinski definition) is 2. The lowest BCUT2D eigenvalue weighted by atomic mass is 10.1. The lowest BCUT2D eigenvalue weighted by molar-refractivity contribution is 0.236. The second-order valence-corrected chi connectivity index (χ2v) is 4.85. The first-order chi connectivity index (χ1) is 5.99. The van der Waals surface area contributed by atoms with E-state index in [0.29, 0.717) is 6.54 Å². The number of halogens is 1. The van der Waals surface area contributed by atoms with Crippen molar-refractivity contribution in [3.8, 4) is 0 Å². The van der Waals surface area contributed by atoms with Crippen LogP contribution in [-0.2, 0) is 0 Å². The van der Waals surface area contributed by atoms with Gasteiger partial charge in [-0.1, -0.05) is 0 Å². The van der Waals surface area contributed by atoms with Gasteiger partial charge in [0.1, 0.15) is 6.17 Å². The summed E-state index contributed by atoms with van der Waals surface area (Å²) in [5, 5.41) is 6.36. The van der Waals surface area contributed by atoms with Crippen LogP contribution in [0, 0.1) is 0 Å². The molecule has 0 aliphatic carbocycles. The normalized spacial score (nSPS) is 26.3. The van der Waals surface area contributed by atoms with Crippen LogP contribution in [0.5, 0.6) is 0 Å². The summed E-state index contributed by atoms with van der Waals surface area (Å²) in [4.78, 5) is 0. The highest BCUT2D eigenvalue weighted by molar-refractivity contribution is 4.84. The van der Waals surface area contributed by atoms with Crippen molar-refractivity contribution < 1.29 is 4.39 Å². The molecule has 2 atom stereocenters. The molecule has 3 heteroatoms. The highest BCUT2D eigenvalue weighted by atomic mass is 19.1. The van der Waals surface area contributed by atoms with E-state index in [9.17, 15) is 4.39 Å². The Morgan fingerprint density at radius 1 is 1.54 bits per heavy atom. The van der Waals surface area contributed by atoms with Crippen LogP contribution in [0.1, 0.15) is 33.6 Å². The summed E-state index contributed by atoms with van der Waals surface area (Å²) in [6.07, 6.45) is 1.34. The van der Waals surface area contributed by atoms with Gasteiger partial charge >= 0.3 is 0 Å². The van der Waals surface area contributed by atoms with Crippen LogP contribution >= 0.6 is 0 Å². The van der Waals surface area contributed by atoms with Gasteiger partial charge in [0.2, 0.25) is 0 Å². The van der Waals surface area contributed by atoms with Gasteiger partial charge in [-0.05, 0) is 40.2 Å². The molecule has 0 amide bonds. The van der Waals surface area contributed by atoms with Gasteiger partial charge in [-0.3, -0.25) is 0 Å². The Labute approximate surface area is 80.3 Å². The Hall–Kier alpha value is -0.150. The van der Waals surface area contributed by atoms with E-state index in [2.05, 4.69) is 31.4 Å². The van der Waals surface area contributed by atoms with E-state index in [4.69, 9.17) is 0 Å². The first kappa shape index (κ1) is 10.9. The molecule has 78 valence electrons. The second-order valence-electron chi connectivity index (χ2n) is 4.85. The minimum absolute atomic E-state index is 0.0168. The molecule has 1 fully saturated rings. The molecule has 0 aromatic heterocycles. The van der Waals surface area contributed by atoms with Crippen LogP contribution < -0.4 is 10.6 Å². The highest BCUT2D eigenvalue weighted by Crippen LogP contribution is 2.12. The standard InChI is InChI=1S/C10H21FN2/c1-10(2,3)13-7-8(11)9-5-4-6-12-9/h8-9,12-13H,4-7H2,1-3H3. The Kier molecular flexibility index (Phi) is 3.68. The lowest BCUT2D eigenvalue weighted by Crippen LogP contribution is -2.45. The van der Waals surface area contributed by atoms with E-state index in [1.807, 2.05) is 0 Å². The molecule has 0 spiro atoms. The van der Waals surface area contributed by atoms with Gasteiger partial charge in [0.25, 0.3) is 0 Å². The van der Waals surface area contributed by atoms with Gasteiger partial charge in [-0.25, -0.2) is 4.39 Å². The predicted molar refractivity (Wildman–Crippen MR) is 53.7 cm³/mol. The molecule has 1 saturated heterocycles. The predicted octanol–water partition coefficient (Wildman–Crippen LogP) is 1.46. The summed E-state index contributed by atoms with van der Waals surface area (Å²) in [7, 11) is 0. The topological polar surface area (TPSA) is 24.1 Å². The number of hydrogen-bond acceptors (Lipinski definition) is 2. The van der Waals surface area contributed by atoms with E-state index in [-0.39, 0.29) is 11.6 Å². The van der Waals surface area contributed by atoms with Crippen molar-refractivity contribution in [3.05, 3.63) is 0 Å². The fourth-order valence-electron chi connectivity index (χ4n) is 1.57. The molecule has 0 aromatic rings. The van der Waals surface area contributed by atoms with Crippen molar-refractivity contribution >= 4 is 0 Å². The van der Waals surface area contributed by atoms with E-state index < -0.39 is 6.17 Å². The monoisotopic (exact) mass is 188 g/mol. The molecular weight excluding hydrogens is 167 g/mol. The number of alkyl halides is 1. The van der Waals surface area contributed by atoms with Crippen LogP contribution in [-0.4, -0.2) is 30.8 Å². The molecular formula is C10H21FN2. The number of nitrogens with one attached hydrogen (secondary N) is 2. The van der Waals surface area contributed by atoms with Crippen LogP contribution in [0.3, 0.4) is 0 Å². The molecule has 0 bridgehead atoms. The van der Waals surface area contributed by atoms with Crippen LogP contribution in [0.15, 0.2) is 0 Å². The minimum atomic E-state index is -0.748. The van der Waals surface area contributed by atoms with E-state index >= 15 is 0 Å². The largest absolute Gasteiger partial charge is 0.311 e. The van der Waals surface area contributed by atoms with Gasteiger partial charge in [0, 0.05) is 18.1 Å². The molecule has 13 heavy (non-hydrogen) atoms. The third-order valence-electron chi connectivity index (χ3n) is 2.36. The van der Waals surface area contributed by atoms with Crippen LogP contribution in [0.4, 0.5) is 4.39 Å². The fourth-order valence-corrected chi connectivity index (χ4v) is 1.57. The summed E-state index contributed by atoms with van der Waals surface area (Å²) in [6.45, 7) is 7.60. The van der Waals surface area contributed by atoms with Crippen molar-refractivity contribution in [2.45, 2.75) is 51.4 Å². The van der Waals surface area contributed by atoms with E-state index in [1.54, 1.807) is 0 Å². The zero-order valence-corrected chi connectivity index (χ0v) is 8.86. The molecule has 0 aromatic carbocycles. The SMILES string of the molecule is CC(C)(C)NCC(F)C1CCCN1. The molecule has 0 saturated carbocycles. The van der Waals surface area contributed by atoms with E-state index in [0.717, 1.165) is 19.4 Å². The molecule has 2 nitrogen and oxygen atoms in total. The Morgan fingerprint density at radius 3 is 2.69 bits per heavy atom. The summed E-state index contributed by atoms with van der Waals surface area (Å²) >= 11 is 0. The summed E-state index contributed by atoms with van der Waals surface area (Å²) in [5.41, 5.74) is 0.0168. The molecule has 1 heterocycles. The molecule has 1 rings (SSSR count). The fraction of sp³-hybridized carbons (Fsp3) is 1.00. The summed E-state index contributed by atoms with van der Waals surface area (Å²) in [5.74, 6) is 0. The molecule has 1 aliphatic heterocycles. The Balaban J connectivity index is 2.20. The van der Waals surface area contributed by atoms with Gasteiger partial charge in [-0.2, -0.15) is 0 Å². The van der Waals surface area contributed by atoms with Crippen LogP contribution in [0.25, 0.3) is 0 Å². The average Bonchev–Trinajstić information content (AvgIpc) is 2.50. The molecule has 0 radical (unpaired) electrons. The zero-order chi connectivity index (χ0) is 9.90. The average molecular weight is 188 g/mol. The quantitative estimate of drug-likeness (QED) is 0.700. The van der Waals surface area contributed by atoms with Gasteiger partial charge in [0.05, 0.1) is 0 Å². The van der Waals surface area contributed by atoms with Crippen molar-refractivity contribution in [1.82, 2.24) is 10.6 Å². The number of rotatable bonds is 3. The van der Waals surface area contributed by atoms with Crippen molar-refractivity contribution in [2.75, 3.05) is 13.1 Å². The summed E-state index contributed by atoms with van der Waals surface area (Å²) in [6, 6.07) is 0.0786. The smallest absolute Gasteiger partial charge is 0.128 e. The van der Waals surface area contributed by atoms with Gasteiger partial charge < -0.3 is 10.6 Å². The molecule has 1 aliphatic rings. The van der Waals surface area contributed by atoms with Gasteiger partial charge in [-0.15, -0.1) is 0 Å². The van der Waals surface area contributed by atoms with Crippen LogP contribution in [0.2, 0.25) is 0 Å². The molecule has 2 N–H and O–H groups in total. The highest BCUT2D eigenvalue weighted by Gasteiger charge is 2.24. The maximum absolute atomic E-state index is 13.5. The van der Waals surface area contributed by atoms with Crippen molar-refractivity contribution in [2.24, 2.45) is 0 Å².